The fourth-order valence-electron chi connectivity index (χ4n) is 2.25. The molecular formula is C16H24N2. The average Bonchev–Trinajstić information content (AvgIpc) is 2.71. The zero-order chi connectivity index (χ0) is 13.0. The molecule has 0 aliphatic carbocycles. The lowest BCUT2D eigenvalue weighted by atomic mass is 10.2. The van der Waals surface area contributed by atoms with Crippen molar-refractivity contribution >= 4 is 10.9 Å². The van der Waals surface area contributed by atoms with Crippen LogP contribution in [-0.2, 0) is 6.54 Å². The largest absolute Gasteiger partial charge is 0.347 e. The zero-order valence-corrected chi connectivity index (χ0v) is 11.7. The van der Waals surface area contributed by atoms with Crippen LogP contribution in [0.5, 0.6) is 0 Å². The quantitative estimate of drug-likeness (QED) is 0.768. The Labute approximate surface area is 110 Å². The van der Waals surface area contributed by atoms with Crippen LogP contribution in [0.3, 0.4) is 0 Å². The van der Waals surface area contributed by atoms with Crippen LogP contribution < -0.4 is 5.32 Å². The highest BCUT2D eigenvalue weighted by molar-refractivity contribution is 5.80. The van der Waals surface area contributed by atoms with Gasteiger partial charge in [0.15, 0.2) is 0 Å². The van der Waals surface area contributed by atoms with E-state index in [9.17, 15) is 0 Å². The van der Waals surface area contributed by atoms with Crippen molar-refractivity contribution in [2.75, 3.05) is 13.1 Å². The molecule has 1 aromatic heterocycles. The maximum Gasteiger partial charge on any atom is 0.0482 e. The van der Waals surface area contributed by atoms with Gasteiger partial charge in [-0.15, -0.1) is 0 Å². The van der Waals surface area contributed by atoms with Crippen molar-refractivity contribution in [3.63, 3.8) is 0 Å². The molecule has 2 rings (SSSR count). The Kier molecular flexibility index (Phi) is 4.43. The van der Waals surface area contributed by atoms with Crippen LogP contribution in [0.4, 0.5) is 0 Å². The summed E-state index contributed by atoms with van der Waals surface area (Å²) in [6.07, 6.45) is 3.39. The Bertz CT molecular complexity index is 497. The summed E-state index contributed by atoms with van der Waals surface area (Å²) < 4.78 is 2.36. The van der Waals surface area contributed by atoms with E-state index >= 15 is 0 Å². The van der Waals surface area contributed by atoms with Gasteiger partial charge < -0.3 is 9.88 Å². The smallest absolute Gasteiger partial charge is 0.0482 e. The summed E-state index contributed by atoms with van der Waals surface area (Å²) in [7, 11) is 0. The van der Waals surface area contributed by atoms with Crippen molar-refractivity contribution in [2.24, 2.45) is 5.92 Å². The summed E-state index contributed by atoms with van der Waals surface area (Å²) in [5, 5.41) is 4.84. The molecule has 2 nitrogen and oxygen atoms in total. The van der Waals surface area contributed by atoms with E-state index in [0.29, 0.717) is 0 Å². The SMILES string of the molecule is Cc1ccc2ccn(CCCNCC(C)C)c2c1. The molecule has 98 valence electrons. The molecule has 0 amide bonds. The van der Waals surface area contributed by atoms with Gasteiger partial charge in [-0.3, -0.25) is 0 Å². The number of nitrogens with zero attached hydrogens (tertiary/aromatic N) is 1. The average molecular weight is 244 g/mol. The Morgan fingerprint density at radius 1 is 1.22 bits per heavy atom. The van der Waals surface area contributed by atoms with E-state index < -0.39 is 0 Å². The lowest BCUT2D eigenvalue weighted by Crippen LogP contribution is -2.21. The first-order valence-corrected chi connectivity index (χ1v) is 6.93. The van der Waals surface area contributed by atoms with Gasteiger partial charge in [0.2, 0.25) is 0 Å². The monoisotopic (exact) mass is 244 g/mol. The fourth-order valence-corrected chi connectivity index (χ4v) is 2.25. The second-order valence-corrected chi connectivity index (χ2v) is 5.52. The maximum absolute atomic E-state index is 3.49. The van der Waals surface area contributed by atoms with Crippen LogP contribution in [-0.4, -0.2) is 17.7 Å². The zero-order valence-electron chi connectivity index (χ0n) is 11.7. The molecule has 1 heterocycles. The topological polar surface area (TPSA) is 17.0 Å². The highest BCUT2D eigenvalue weighted by Crippen LogP contribution is 2.17. The number of hydrogen-bond acceptors (Lipinski definition) is 1. The van der Waals surface area contributed by atoms with Gasteiger partial charge >= 0.3 is 0 Å². The van der Waals surface area contributed by atoms with Crippen molar-refractivity contribution in [1.29, 1.82) is 0 Å². The van der Waals surface area contributed by atoms with E-state index in [4.69, 9.17) is 0 Å². The van der Waals surface area contributed by atoms with Crippen LogP contribution in [0.25, 0.3) is 10.9 Å². The van der Waals surface area contributed by atoms with Crippen molar-refractivity contribution in [3.8, 4) is 0 Å². The van der Waals surface area contributed by atoms with Crippen molar-refractivity contribution < 1.29 is 0 Å². The summed E-state index contributed by atoms with van der Waals surface area (Å²) in [6.45, 7) is 9.96. The normalized spacial score (nSPS) is 11.6. The first-order chi connectivity index (χ1) is 8.66. The van der Waals surface area contributed by atoms with Crippen molar-refractivity contribution in [1.82, 2.24) is 9.88 Å². The van der Waals surface area contributed by atoms with Crippen molar-refractivity contribution in [2.45, 2.75) is 33.7 Å². The maximum atomic E-state index is 3.49. The molecule has 0 radical (unpaired) electrons. The van der Waals surface area contributed by atoms with E-state index in [2.05, 4.69) is 61.1 Å². The molecule has 0 aliphatic heterocycles. The molecule has 0 saturated heterocycles. The lowest BCUT2D eigenvalue weighted by molar-refractivity contribution is 0.525. The van der Waals surface area contributed by atoms with Crippen LogP contribution in [0.2, 0.25) is 0 Å². The summed E-state index contributed by atoms with van der Waals surface area (Å²) in [5.41, 5.74) is 2.69. The number of rotatable bonds is 6. The molecule has 0 atom stereocenters. The number of hydrogen-bond donors (Lipinski definition) is 1. The minimum Gasteiger partial charge on any atom is -0.347 e. The third-order valence-corrected chi connectivity index (χ3v) is 3.23. The molecule has 18 heavy (non-hydrogen) atoms. The number of aromatic nitrogens is 1. The molecule has 1 aromatic carbocycles. The number of aryl methyl sites for hydroxylation is 2. The molecule has 2 aromatic rings. The van der Waals surface area contributed by atoms with E-state index in [1.807, 2.05) is 0 Å². The van der Waals surface area contributed by atoms with Gasteiger partial charge in [-0.2, -0.15) is 0 Å². The Hall–Kier alpha value is -1.28. The van der Waals surface area contributed by atoms with Gasteiger partial charge in [0.1, 0.15) is 0 Å². The van der Waals surface area contributed by atoms with Gasteiger partial charge in [-0.25, -0.2) is 0 Å². The minimum absolute atomic E-state index is 0.736. The van der Waals surface area contributed by atoms with Gasteiger partial charge in [-0.1, -0.05) is 26.0 Å². The predicted molar refractivity (Wildman–Crippen MR) is 79.0 cm³/mol. The van der Waals surface area contributed by atoms with Crippen LogP contribution in [0.1, 0.15) is 25.8 Å². The molecule has 0 fully saturated rings. The first kappa shape index (κ1) is 13.2. The molecule has 0 spiro atoms. The predicted octanol–water partition coefficient (Wildman–Crippen LogP) is 3.59. The molecule has 2 heteroatoms. The van der Waals surface area contributed by atoms with Crippen molar-refractivity contribution in [3.05, 3.63) is 36.0 Å². The van der Waals surface area contributed by atoms with Crippen LogP contribution >= 0.6 is 0 Å². The standard InChI is InChI=1S/C16H24N2/c1-13(2)12-17-8-4-9-18-10-7-15-6-5-14(3)11-16(15)18/h5-7,10-11,13,17H,4,8-9,12H2,1-3H3. The highest BCUT2D eigenvalue weighted by Gasteiger charge is 2.01. The van der Waals surface area contributed by atoms with E-state index in [-0.39, 0.29) is 0 Å². The van der Waals surface area contributed by atoms with Gasteiger partial charge in [0.05, 0.1) is 0 Å². The van der Waals surface area contributed by atoms with Gasteiger partial charge in [0.25, 0.3) is 0 Å². The first-order valence-electron chi connectivity index (χ1n) is 6.93. The fraction of sp³-hybridized carbons (Fsp3) is 0.500. The highest BCUT2D eigenvalue weighted by atomic mass is 15.0. The molecule has 1 N–H and O–H groups in total. The van der Waals surface area contributed by atoms with Crippen LogP contribution in [0.15, 0.2) is 30.5 Å². The molecule has 0 saturated carbocycles. The number of fused-ring (bicyclic) bond motifs is 1. The Morgan fingerprint density at radius 3 is 2.83 bits per heavy atom. The van der Waals surface area contributed by atoms with Gasteiger partial charge in [-0.05, 0) is 55.4 Å². The Morgan fingerprint density at radius 2 is 2.06 bits per heavy atom. The molecule has 0 unspecified atom stereocenters. The summed E-state index contributed by atoms with van der Waals surface area (Å²) in [6, 6.07) is 8.86. The summed E-state index contributed by atoms with van der Waals surface area (Å²) >= 11 is 0. The number of benzene rings is 1. The molecular weight excluding hydrogens is 220 g/mol. The lowest BCUT2D eigenvalue weighted by Gasteiger charge is -2.09. The van der Waals surface area contributed by atoms with E-state index in [1.165, 1.54) is 22.9 Å². The molecule has 0 bridgehead atoms. The summed E-state index contributed by atoms with van der Waals surface area (Å²) in [5.74, 6) is 0.736. The van der Waals surface area contributed by atoms with E-state index in [1.54, 1.807) is 0 Å². The second kappa shape index (κ2) is 6.05. The summed E-state index contributed by atoms with van der Waals surface area (Å²) in [4.78, 5) is 0. The van der Waals surface area contributed by atoms with Gasteiger partial charge in [0, 0.05) is 18.3 Å². The van der Waals surface area contributed by atoms with E-state index in [0.717, 1.165) is 25.6 Å². The van der Waals surface area contributed by atoms with Crippen LogP contribution in [0, 0.1) is 12.8 Å². The third kappa shape index (κ3) is 3.36. The number of nitrogens with one attached hydrogen (secondary N) is 1. The molecule has 0 aliphatic rings. The minimum atomic E-state index is 0.736. The third-order valence-electron chi connectivity index (χ3n) is 3.23. The Balaban J connectivity index is 1.89. The second-order valence-electron chi connectivity index (χ2n) is 5.52.